The van der Waals surface area contributed by atoms with Gasteiger partial charge in [0.25, 0.3) is 0 Å². The minimum absolute atomic E-state index is 0.00271. The Hall–Kier alpha value is -2.32. The predicted octanol–water partition coefficient (Wildman–Crippen LogP) is 1.64. The van der Waals surface area contributed by atoms with E-state index in [0.29, 0.717) is 12.4 Å². The van der Waals surface area contributed by atoms with Crippen LogP contribution in [0.5, 0.6) is 0 Å². The molecule has 0 aromatic carbocycles. The lowest BCUT2D eigenvalue weighted by molar-refractivity contribution is -0.137. The van der Waals surface area contributed by atoms with Crippen LogP contribution in [0.2, 0.25) is 0 Å². The van der Waals surface area contributed by atoms with Gasteiger partial charge in [0, 0.05) is 56.5 Å². The van der Waals surface area contributed by atoms with Crippen LogP contribution in [0.25, 0.3) is 0 Å². The van der Waals surface area contributed by atoms with Gasteiger partial charge < -0.3 is 14.6 Å². The van der Waals surface area contributed by atoms with Crippen LogP contribution in [0.3, 0.4) is 0 Å². The van der Waals surface area contributed by atoms with Crippen molar-refractivity contribution in [3.8, 4) is 0 Å². The summed E-state index contributed by atoms with van der Waals surface area (Å²) in [6.45, 7) is 5.01. The van der Waals surface area contributed by atoms with Gasteiger partial charge in [0.15, 0.2) is 5.82 Å². The number of carbonyl (C=O) groups is 1. The van der Waals surface area contributed by atoms with Gasteiger partial charge in [0.2, 0.25) is 5.91 Å². The second kappa shape index (κ2) is 7.51. The number of nitrogens with zero attached hydrogens (tertiary/aromatic N) is 4. The Labute approximate surface area is 151 Å². The molecule has 0 bridgehead atoms. The highest BCUT2D eigenvalue weighted by molar-refractivity contribution is 5.91. The molecule has 8 nitrogen and oxygen atoms in total. The summed E-state index contributed by atoms with van der Waals surface area (Å²) in [7, 11) is 0. The first-order valence-electron chi connectivity index (χ1n) is 9.02. The van der Waals surface area contributed by atoms with E-state index in [1.54, 1.807) is 18.6 Å². The second-order valence-electron chi connectivity index (χ2n) is 7.00. The molecule has 2 aromatic rings. The van der Waals surface area contributed by atoms with E-state index >= 15 is 0 Å². The molecule has 0 spiro atoms. The summed E-state index contributed by atoms with van der Waals surface area (Å²) < 4.78 is 11.1. The molecule has 2 aromatic heterocycles. The van der Waals surface area contributed by atoms with Gasteiger partial charge in [-0.1, -0.05) is 5.16 Å². The van der Waals surface area contributed by atoms with Gasteiger partial charge in [-0.15, -0.1) is 0 Å². The number of piperidine rings is 1. The Morgan fingerprint density at radius 2 is 2.31 bits per heavy atom. The van der Waals surface area contributed by atoms with Crippen molar-refractivity contribution < 1.29 is 14.1 Å². The number of likely N-dealkylation sites (tertiary alicyclic amines) is 1. The van der Waals surface area contributed by atoms with Gasteiger partial charge in [-0.05, 0) is 19.8 Å². The van der Waals surface area contributed by atoms with Crippen LogP contribution in [-0.2, 0) is 16.1 Å². The average molecular weight is 357 g/mol. The maximum Gasteiger partial charge on any atom is 0.229 e. The van der Waals surface area contributed by atoms with Crippen molar-refractivity contribution in [2.75, 3.05) is 25.0 Å². The number of rotatable bonds is 4. The van der Waals surface area contributed by atoms with Crippen LogP contribution in [0.1, 0.15) is 24.3 Å². The topological polar surface area (TPSA) is 93.4 Å². The fraction of sp³-hybridized carbons (Fsp3) is 0.556. The highest BCUT2D eigenvalue weighted by atomic mass is 16.5. The third kappa shape index (κ3) is 3.76. The molecule has 2 aliphatic rings. The standard InChI is InChI=1S/C18H23N5O3/c1-12-8-13(22-26-12)10-23-6-2-16-15(11-23)14(3-7-25-16)18(24)21-17-9-19-4-5-20-17/h4-5,8-9,14-16H,2-3,6-7,10-11H2,1H3,(H,20,21,24)/t14-,15-,16-/m1/s1. The Balaban J connectivity index is 1.43. The van der Waals surface area contributed by atoms with Crippen molar-refractivity contribution in [2.24, 2.45) is 11.8 Å². The number of amides is 1. The van der Waals surface area contributed by atoms with Crippen LogP contribution in [0.4, 0.5) is 5.82 Å². The molecule has 2 aliphatic heterocycles. The summed E-state index contributed by atoms with van der Waals surface area (Å²) in [6, 6.07) is 1.96. The number of aryl methyl sites for hydroxylation is 1. The van der Waals surface area contributed by atoms with Crippen molar-refractivity contribution in [1.82, 2.24) is 20.0 Å². The first kappa shape index (κ1) is 17.1. The molecule has 1 N–H and O–H groups in total. The molecule has 0 unspecified atom stereocenters. The molecular weight excluding hydrogens is 334 g/mol. The van der Waals surface area contributed by atoms with Crippen molar-refractivity contribution in [2.45, 2.75) is 32.4 Å². The summed E-state index contributed by atoms with van der Waals surface area (Å²) in [6.07, 6.45) is 6.52. The lowest BCUT2D eigenvalue weighted by atomic mass is 9.79. The number of ether oxygens (including phenoxy) is 1. The maximum absolute atomic E-state index is 12.8. The van der Waals surface area contributed by atoms with Crippen LogP contribution in [0.15, 0.2) is 29.2 Å². The van der Waals surface area contributed by atoms with Gasteiger partial charge >= 0.3 is 0 Å². The zero-order valence-electron chi connectivity index (χ0n) is 14.8. The Kier molecular flexibility index (Phi) is 4.94. The number of hydrogen-bond donors (Lipinski definition) is 1. The van der Waals surface area contributed by atoms with E-state index in [-0.39, 0.29) is 23.8 Å². The molecule has 2 fully saturated rings. The molecule has 0 aliphatic carbocycles. The van der Waals surface area contributed by atoms with Gasteiger partial charge in [0.05, 0.1) is 18.0 Å². The van der Waals surface area contributed by atoms with Crippen LogP contribution in [-0.4, -0.2) is 51.7 Å². The van der Waals surface area contributed by atoms with Crippen LogP contribution < -0.4 is 5.32 Å². The molecule has 1 amide bonds. The Bertz CT molecular complexity index is 750. The van der Waals surface area contributed by atoms with Crippen molar-refractivity contribution >= 4 is 11.7 Å². The molecule has 3 atom stereocenters. The van der Waals surface area contributed by atoms with Gasteiger partial charge in [0.1, 0.15) is 5.76 Å². The SMILES string of the molecule is Cc1cc(CN2CC[C@H]3OCC[C@@H](C(=O)Nc4cnccn4)[C@H]3C2)no1. The second-order valence-corrected chi connectivity index (χ2v) is 7.00. The summed E-state index contributed by atoms with van der Waals surface area (Å²) >= 11 is 0. The lowest BCUT2D eigenvalue weighted by Crippen LogP contribution is -2.52. The highest BCUT2D eigenvalue weighted by Crippen LogP contribution is 2.34. The fourth-order valence-electron chi connectivity index (χ4n) is 3.96. The minimum atomic E-state index is -0.0856. The zero-order chi connectivity index (χ0) is 17.9. The summed E-state index contributed by atoms with van der Waals surface area (Å²) in [5.41, 5.74) is 0.929. The molecule has 4 heterocycles. The first-order valence-corrected chi connectivity index (χ1v) is 9.02. The predicted molar refractivity (Wildman–Crippen MR) is 93.1 cm³/mol. The van der Waals surface area contributed by atoms with Crippen molar-refractivity contribution in [3.05, 3.63) is 36.1 Å². The van der Waals surface area contributed by atoms with Crippen LogP contribution >= 0.6 is 0 Å². The number of carbonyl (C=O) groups excluding carboxylic acids is 1. The smallest absolute Gasteiger partial charge is 0.229 e. The molecular formula is C18H23N5O3. The van der Waals surface area contributed by atoms with E-state index in [1.807, 2.05) is 13.0 Å². The molecule has 8 heteroatoms. The highest BCUT2D eigenvalue weighted by Gasteiger charge is 2.41. The zero-order valence-corrected chi connectivity index (χ0v) is 14.8. The average Bonchev–Trinajstić information content (AvgIpc) is 3.06. The number of nitrogens with one attached hydrogen (secondary N) is 1. The van der Waals surface area contributed by atoms with E-state index in [4.69, 9.17) is 9.26 Å². The number of fused-ring (bicyclic) bond motifs is 1. The first-order chi connectivity index (χ1) is 12.7. The third-order valence-electron chi connectivity index (χ3n) is 5.17. The summed E-state index contributed by atoms with van der Waals surface area (Å²) in [5, 5.41) is 6.98. The number of aromatic nitrogens is 3. The lowest BCUT2D eigenvalue weighted by Gasteiger charge is -2.44. The summed E-state index contributed by atoms with van der Waals surface area (Å²) in [5.74, 6) is 1.39. The van der Waals surface area contributed by atoms with Gasteiger partial charge in [-0.2, -0.15) is 0 Å². The quantitative estimate of drug-likeness (QED) is 0.889. The largest absolute Gasteiger partial charge is 0.378 e. The molecule has 0 radical (unpaired) electrons. The molecule has 26 heavy (non-hydrogen) atoms. The minimum Gasteiger partial charge on any atom is -0.378 e. The molecule has 0 saturated carbocycles. The van der Waals surface area contributed by atoms with Crippen molar-refractivity contribution in [3.63, 3.8) is 0 Å². The molecule has 4 rings (SSSR count). The number of anilines is 1. The van der Waals surface area contributed by atoms with Gasteiger partial charge in [-0.25, -0.2) is 4.98 Å². The van der Waals surface area contributed by atoms with Crippen LogP contribution in [0, 0.1) is 18.8 Å². The number of hydrogen-bond acceptors (Lipinski definition) is 7. The normalized spacial score (nSPS) is 26.3. The van der Waals surface area contributed by atoms with Gasteiger partial charge in [-0.3, -0.25) is 14.7 Å². The monoisotopic (exact) mass is 357 g/mol. The Morgan fingerprint density at radius 3 is 3.08 bits per heavy atom. The summed E-state index contributed by atoms with van der Waals surface area (Å²) in [4.78, 5) is 23.3. The van der Waals surface area contributed by atoms with E-state index < -0.39 is 0 Å². The van der Waals surface area contributed by atoms with E-state index in [9.17, 15) is 4.79 Å². The molecule has 138 valence electrons. The van der Waals surface area contributed by atoms with E-state index in [0.717, 1.165) is 43.9 Å². The fourth-order valence-corrected chi connectivity index (χ4v) is 3.96. The van der Waals surface area contributed by atoms with Crippen molar-refractivity contribution in [1.29, 1.82) is 0 Å². The van der Waals surface area contributed by atoms with E-state index in [1.165, 1.54) is 0 Å². The molecule has 2 saturated heterocycles. The Morgan fingerprint density at radius 1 is 1.38 bits per heavy atom. The maximum atomic E-state index is 12.8. The third-order valence-corrected chi connectivity index (χ3v) is 5.17. The van der Waals surface area contributed by atoms with E-state index in [2.05, 4.69) is 25.3 Å².